The second-order valence-electron chi connectivity index (χ2n) is 4.28. The average molecular weight is 327 g/mol. The van der Waals surface area contributed by atoms with Gasteiger partial charge in [-0.25, -0.2) is 13.4 Å². The van der Waals surface area contributed by atoms with Gasteiger partial charge in [0.05, 0.1) is 18.1 Å². The zero-order chi connectivity index (χ0) is 15.3. The molecular formula is C13H17N3O3S2. The van der Waals surface area contributed by atoms with Crippen molar-refractivity contribution in [1.29, 1.82) is 0 Å². The lowest BCUT2D eigenvalue weighted by atomic mass is 10.1. The number of nitrogens with zero attached hydrogens (tertiary/aromatic N) is 1. The molecule has 8 heteroatoms. The van der Waals surface area contributed by atoms with Crippen molar-refractivity contribution in [1.82, 2.24) is 4.98 Å². The number of rotatable bonds is 7. The molecular weight excluding hydrogens is 310 g/mol. The topological polar surface area (TPSA) is 94.3 Å². The lowest BCUT2D eigenvalue weighted by molar-refractivity contribution is 0.163. The van der Waals surface area contributed by atoms with Crippen molar-refractivity contribution in [3.63, 3.8) is 0 Å². The van der Waals surface area contributed by atoms with Crippen LogP contribution < -0.4 is 10.5 Å². The second-order valence-corrected chi connectivity index (χ2v) is 6.98. The van der Waals surface area contributed by atoms with Crippen LogP contribution in [0.5, 0.6) is 0 Å². The van der Waals surface area contributed by atoms with Crippen molar-refractivity contribution in [3.05, 3.63) is 29.6 Å². The fourth-order valence-corrected chi connectivity index (χ4v) is 3.54. The predicted octanol–water partition coefficient (Wildman–Crippen LogP) is 2.17. The predicted molar refractivity (Wildman–Crippen MR) is 85.9 cm³/mol. The number of nitrogens with one attached hydrogen (secondary N) is 1. The first-order chi connectivity index (χ1) is 10.00. The highest BCUT2D eigenvalue weighted by molar-refractivity contribution is 7.92. The van der Waals surface area contributed by atoms with Gasteiger partial charge >= 0.3 is 0 Å². The molecule has 1 heterocycles. The van der Waals surface area contributed by atoms with E-state index in [-0.39, 0.29) is 12.4 Å². The molecule has 0 fully saturated rings. The van der Waals surface area contributed by atoms with Crippen LogP contribution in [0.25, 0.3) is 11.3 Å². The first-order valence-electron chi connectivity index (χ1n) is 6.40. The van der Waals surface area contributed by atoms with E-state index in [0.29, 0.717) is 23.1 Å². The summed E-state index contributed by atoms with van der Waals surface area (Å²) in [5.74, 6) is -0.0892. The number of nitrogen functional groups attached to an aromatic ring is 1. The number of anilines is 2. The van der Waals surface area contributed by atoms with E-state index in [0.717, 1.165) is 5.56 Å². The van der Waals surface area contributed by atoms with E-state index in [1.54, 1.807) is 17.5 Å². The van der Waals surface area contributed by atoms with Crippen LogP contribution in [0.4, 0.5) is 10.8 Å². The van der Waals surface area contributed by atoms with Crippen molar-refractivity contribution in [3.8, 4) is 11.3 Å². The van der Waals surface area contributed by atoms with Gasteiger partial charge in [0.1, 0.15) is 0 Å². The minimum absolute atomic E-state index is 0.0892. The van der Waals surface area contributed by atoms with Gasteiger partial charge in [-0.3, -0.25) is 4.72 Å². The van der Waals surface area contributed by atoms with Crippen LogP contribution in [0.15, 0.2) is 29.6 Å². The quantitative estimate of drug-likeness (QED) is 0.600. The third-order valence-electron chi connectivity index (χ3n) is 2.63. The molecule has 0 bridgehead atoms. The molecule has 2 aromatic rings. The molecule has 0 spiro atoms. The van der Waals surface area contributed by atoms with Crippen LogP contribution in [0.3, 0.4) is 0 Å². The molecule has 0 amide bonds. The number of sulfonamides is 1. The maximum absolute atomic E-state index is 11.8. The summed E-state index contributed by atoms with van der Waals surface area (Å²) in [5, 5.41) is 2.12. The van der Waals surface area contributed by atoms with Gasteiger partial charge in [0.15, 0.2) is 5.13 Å². The lowest BCUT2D eigenvalue weighted by Gasteiger charge is -2.04. The Kier molecular flexibility index (Phi) is 5.16. The van der Waals surface area contributed by atoms with Gasteiger partial charge in [-0.1, -0.05) is 12.1 Å². The molecule has 0 aliphatic rings. The molecule has 0 unspecified atom stereocenters. The van der Waals surface area contributed by atoms with E-state index in [1.807, 2.05) is 19.1 Å². The molecule has 1 aromatic carbocycles. The number of benzene rings is 1. The molecule has 0 saturated carbocycles. The van der Waals surface area contributed by atoms with Crippen LogP contribution in [0.1, 0.15) is 6.92 Å². The molecule has 0 atom stereocenters. The molecule has 0 aliphatic heterocycles. The Morgan fingerprint density at radius 3 is 2.95 bits per heavy atom. The third kappa shape index (κ3) is 4.69. The van der Waals surface area contributed by atoms with Gasteiger partial charge in [0.2, 0.25) is 10.0 Å². The average Bonchev–Trinajstić information content (AvgIpc) is 2.86. The minimum Gasteiger partial charge on any atom is -0.399 e. The molecule has 21 heavy (non-hydrogen) atoms. The summed E-state index contributed by atoms with van der Waals surface area (Å²) in [6.07, 6.45) is 0. The molecule has 6 nitrogen and oxygen atoms in total. The fraction of sp³-hybridized carbons (Fsp3) is 0.308. The number of hydrogen-bond donors (Lipinski definition) is 2. The maximum atomic E-state index is 11.8. The van der Waals surface area contributed by atoms with Crippen molar-refractivity contribution in [2.45, 2.75) is 6.92 Å². The standard InChI is InChI=1S/C13H17N3O3S2/c1-2-19-6-7-21(17,18)16-13-15-12(9-20-13)10-4-3-5-11(14)8-10/h3-5,8-9H,2,6-7,14H2,1H3,(H,15,16). The summed E-state index contributed by atoms with van der Waals surface area (Å²) in [7, 11) is -3.44. The Morgan fingerprint density at radius 1 is 1.43 bits per heavy atom. The molecule has 0 aliphatic carbocycles. The van der Waals surface area contributed by atoms with E-state index in [4.69, 9.17) is 10.5 Å². The SMILES string of the molecule is CCOCCS(=O)(=O)Nc1nc(-c2cccc(N)c2)cs1. The maximum Gasteiger partial charge on any atom is 0.236 e. The molecule has 1 aromatic heterocycles. The van der Waals surface area contributed by atoms with Crippen LogP contribution in [0.2, 0.25) is 0 Å². The Morgan fingerprint density at radius 2 is 2.24 bits per heavy atom. The number of ether oxygens (including phenoxy) is 1. The summed E-state index contributed by atoms with van der Waals surface area (Å²) in [6, 6.07) is 7.28. The van der Waals surface area contributed by atoms with E-state index in [1.165, 1.54) is 11.3 Å². The Hall–Kier alpha value is -1.64. The fourth-order valence-electron chi connectivity index (χ4n) is 1.65. The molecule has 2 rings (SSSR count). The largest absolute Gasteiger partial charge is 0.399 e. The van der Waals surface area contributed by atoms with Gasteiger partial charge in [-0.2, -0.15) is 0 Å². The number of aromatic nitrogens is 1. The van der Waals surface area contributed by atoms with E-state index < -0.39 is 10.0 Å². The Bertz CT molecular complexity index is 698. The highest BCUT2D eigenvalue weighted by Gasteiger charge is 2.13. The van der Waals surface area contributed by atoms with E-state index in [9.17, 15) is 8.42 Å². The normalized spacial score (nSPS) is 11.5. The summed E-state index contributed by atoms with van der Waals surface area (Å²) < 4.78 is 31.2. The summed E-state index contributed by atoms with van der Waals surface area (Å²) in [4.78, 5) is 4.27. The summed E-state index contributed by atoms with van der Waals surface area (Å²) >= 11 is 1.23. The highest BCUT2D eigenvalue weighted by Crippen LogP contribution is 2.26. The zero-order valence-corrected chi connectivity index (χ0v) is 13.2. The van der Waals surface area contributed by atoms with Gasteiger partial charge in [-0.15, -0.1) is 11.3 Å². The van der Waals surface area contributed by atoms with Crippen LogP contribution in [-0.2, 0) is 14.8 Å². The lowest BCUT2D eigenvalue weighted by Crippen LogP contribution is -2.20. The third-order valence-corrected chi connectivity index (χ3v) is 4.73. The Labute approximate surface area is 128 Å². The summed E-state index contributed by atoms with van der Waals surface area (Å²) in [5.41, 5.74) is 7.90. The van der Waals surface area contributed by atoms with Gasteiger partial charge in [-0.05, 0) is 19.1 Å². The molecule has 3 N–H and O–H groups in total. The van der Waals surface area contributed by atoms with Crippen molar-refractivity contribution in [2.75, 3.05) is 29.4 Å². The van der Waals surface area contributed by atoms with Gasteiger partial charge < -0.3 is 10.5 Å². The molecule has 0 radical (unpaired) electrons. The highest BCUT2D eigenvalue weighted by atomic mass is 32.2. The molecule has 0 saturated heterocycles. The molecule has 114 valence electrons. The first-order valence-corrected chi connectivity index (χ1v) is 8.93. The first kappa shape index (κ1) is 15.7. The van der Waals surface area contributed by atoms with E-state index >= 15 is 0 Å². The van der Waals surface area contributed by atoms with Crippen molar-refractivity contribution in [2.24, 2.45) is 0 Å². The smallest absolute Gasteiger partial charge is 0.236 e. The van der Waals surface area contributed by atoms with Crippen LogP contribution in [0, 0.1) is 0 Å². The minimum atomic E-state index is -3.44. The monoisotopic (exact) mass is 327 g/mol. The van der Waals surface area contributed by atoms with Crippen LogP contribution >= 0.6 is 11.3 Å². The Balaban J connectivity index is 2.06. The number of nitrogens with two attached hydrogens (primary N) is 1. The number of thiazole rings is 1. The second kappa shape index (κ2) is 6.88. The van der Waals surface area contributed by atoms with Crippen molar-refractivity contribution < 1.29 is 13.2 Å². The van der Waals surface area contributed by atoms with Crippen molar-refractivity contribution >= 4 is 32.2 Å². The zero-order valence-electron chi connectivity index (χ0n) is 11.6. The van der Waals surface area contributed by atoms with Gasteiger partial charge in [0.25, 0.3) is 0 Å². The van der Waals surface area contributed by atoms with Crippen LogP contribution in [-0.4, -0.2) is 32.4 Å². The number of hydrogen-bond acceptors (Lipinski definition) is 6. The van der Waals surface area contributed by atoms with Gasteiger partial charge in [0, 0.05) is 23.2 Å². The summed E-state index contributed by atoms with van der Waals surface area (Å²) in [6.45, 7) is 2.48. The van der Waals surface area contributed by atoms with E-state index in [2.05, 4.69) is 9.71 Å².